The average Bonchev–Trinajstić information content (AvgIpc) is 2.81. The molecule has 9 atom stereocenters. The number of alkyl halides is 2. The van der Waals surface area contributed by atoms with Gasteiger partial charge in [-0.25, -0.2) is 8.78 Å². The number of fused-ring (bicyclic) bond motifs is 2. The molecule has 0 nitrogen and oxygen atoms in total. The third kappa shape index (κ3) is 4.89. The van der Waals surface area contributed by atoms with Crippen LogP contribution in [0, 0.1) is 53.3 Å². The zero-order valence-corrected chi connectivity index (χ0v) is 20.1. The normalized spacial score (nSPS) is 51.0. The lowest BCUT2D eigenvalue weighted by Gasteiger charge is -2.49. The molecule has 178 valence electrons. The first kappa shape index (κ1) is 22.6. The van der Waals surface area contributed by atoms with Crippen molar-refractivity contribution >= 4 is 0 Å². The van der Waals surface area contributed by atoms with E-state index in [9.17, 15) is 8.78 Å². The molecule has 0 N–H and O–H groups in total. The van der Waals surface area contributed by atoms with Gasteiger partial charge >= 0.3 is 0 Å². The van der Waals surface area contributed by atoms with Crippen LogP contribution in [0.4, 0.5) is 8.78 Å². The van der Waals surface area contributed by atoms with E-state index in [1.54, 1.807) is 0 Å². The van der Waals surface area contributed by atoms with Crippen molar-refractivity contribution in [3.63, 3.8) is 0 Å². The van der Waals surface area contributed by atoms with Crippen molar-refractivity contribution in [2.45, 2.75) is 128 Å². The zero-order chi connectivity index (χ0) is 21.4. The maximum Gasteiger partial charge on any atom is 0.134 e. The van der Waals surface area contributed by atoms with E-state index < -0.39 is 12.3 Å². The Morgan fingerprint density at radius 3 is 1.55 bits per heavy atom. The number of rotatable bonds is 4. The van der Waals surface area contributed by atoms with Gasteiger partial charge in [-0.15, -0.1) is 0 Å². The van der Waals surface area contributed by atoms with Crippen LogP contribution in [0.3, 0.4) is 0 Å². The highest BCUT2D eigenvalue weighted by Gasteiger charge is 2.46. The number of halogens is 2. The molecule has 5 fully saturated rings. The standard InChI is InChI=1S/C29H48F2/c1-2-3-19-4-6-20(7-5-19)21-8-9-23-17-24(11-10-22(23)16-21)25-12-14-27-26(18-25)13-15-28(30)29(27)31/h19-29H,2-18H2,1H3. The van der Waals surface area contributed by atoms with Gasteiger partial charge in [0.2, 0.25) is 0 Å². The molecule has 0 aromatic rings. The smallest absolute Gasteiger partial charge is 0.134 e. The summed E-state index contributed by atoms with van der Waals surface area (Å²) >= 11 is 0. The summed E-state index contributed by atoms with van der Waals surface area (Å²) in [7, 11) is 0. The molecular weight excluding hydrogens is 386 g/mol. The monoisotopic (exact) mass is 434 g/mol. The predicted octanol–water partition coefficient (Wildman–Crippen LogP) is 8.93. The van der Waals surface area contributed by atoms with Gasteiger partial charge in [-0.05, 0) is 137 Å². The Labute approximate surface area is 190 Å². The number of hydrogen-bond donors (Lipinski definition) is 0. The fraction of sp³-hybridized carbons (Fsp3) is 1.00. The second-order valence-corrected chi connectivity index (χ2v) is 12.8. The first-order chi connectivity index (χ1) is 15.1. The van der Waals surface area contributed by atoms with Crippen molar-refractivity contribution in [1.29, 1.82) is 0 Å². The van der Waals surface area contributed by atoms with Crippen LogP contribution < -0.4 is 0 Å². The lowest BCUT2D eigenvalue weighted by molar-refractivity contribution is -0.0255. The van der Waals surface area contributed by atoms with Crippen LogP contribution in [0.15, 0.2) is 0 Å². The lowest BCUT2D eigenvalue weighted by atomic mass is 9.57. The summed E-state index contributed by atoms with van der Waals surface area (Å²) < 4.78 is 28.2. The molecule has 2 heteroatoms. The quantitative estimate of drug-likeness (QED) is 0.414. The van der Waals surface area contributed by atoms with Crippen LogP contribution in [0.25, 0.3) is 0 Å². The maximum absolute atomic E-state index is 14.4. The highest BCUT2D eigenvalue weighted by molar-refractivity contribution is 4.96. The molecule has 5 saturated carbocycles. The molecule has 5 rings (SSSR count). The average molecular weight is 435 g/mol. The minimum absolute atomic E-state index is 0.0409. The molecule has 0 bridgehead atoms. The van der Waals surface area contributed by atoms with Gasteiger partial charge in [0, 0.05) is 0 Å². The van der Waals surface area contributed by atoms with Crippen LogP contribution in [0.1, 0.15) is 116 Å². The molecule has 5 aliphatic carbocycles. The van der Waals surface area contributed by atoms with Crippen LogP contribution in [-0.2, 0) is 0 Å². The van der Waals surface area contributed by atoms with Crippen LogP contribution in [0.2, 0.25) is 0 Å². The molecule has 0 aliphatic heterocycles. The second kappa shape index (κ2) is 10.0. The van der Waals surface area contributed by atoms with Crippen LogP contribution >= 0.6 is 0 Å². The van der Waals surface area contributed by atoms with Gasteiger partial charge in [-0.1, -0.05) is 32.6 Å². The Morgan fingerprint density at radius 2 is 0.968 bits per heavy atom. The Balaban J connectivity index is 1.10. The molecule has 0 aromatic heterocycles. The maximum atomic E-state index is 14.4. The molecule has 0 heterocycles. The van der Waals surface area contributed by atoms with Gasteiger partial charge < -0.3 is 0 Å². The van der Waals surface area contributed by atoms with E-state index in [4.69, 9.17) is 0 Å². The molecule has 0 spiro atoms. The summed E-state index contributed by atoms with van der Waals surface area (Å²) in [5.74, 6) is 7.35. The van der Waals surface area contributed by atoms with Crippen molar-refractivity contribution in [3.05, 3.63) is 0 Å². The Kier molecular flexibility index (Phi) is 7.31. The number of hydrogen-bond acceptors (Lipinski definition) is 0. The van der Waals surface area contributed by atoms with E-state index in [1.807, 2.05) is 0 Å². The molecule has 31 heavy (non-hydrogen) atoms. The zero-order valence-electron chi connectivity index (χ0n) is 20.1. The Hall–Kier alpha value is -0.140. The Bertz CT molecular complexity index is 567. The molecule has 0 radical (unpaired) electrons. The van der Waals surface area contributed by atoms with E-state index >= 15 is 0 Å². The SMILES string of the molecule is CCCC1CCC(C2CCC3CC(C4CCC5C(CCC(F)C5F)C4)CCC3C2)CC1. The third-order valence-electron chi connectivity index (χ3n) is 11.3. The second-order valence-electron chi connectivity index (χ2n) is 12.8. The van der Waals surface area contributed by atoms with Gasteiger partial charge in [-0.3, -0.25) is 0 Å². The first-order valence-electron chi connectivity index (χ1n) is 14.4. The molecule has 9 unspecified atom stereocenters. The predicted molar refractivity (Wildman–Crippen MR) is 125 cm³/mol. The van der Waals surface area contributed by atoms with E-state index in [0.29, 0.717) is 12.3 Å². The largest absolute Gasteiger partial charge is 0.244 e. The molecule has 0 saturated heterocycles. The van der Waals surface area contributed by atoms with E-state index in [0.717, 1.165) is 54.3 Å². The van der Waals surface area contributed by atoms with Gasteiger partial charge in [-0.2, -0.15) is 0 Å². The van der Waals surface area contributed by atoms with Gasteiger partial charge in [0.05, 0.1) is 0 Å². The summed E-state index contributed by atoms with van der Waals surface area (Å²) in [4.78, 5) is 0. The van der Waals surface area contributed by atoms with Crippen molar-refractivity contribution in [3.8, 4) is 0 Å². The minimum Gasteiger partial charge on any atom is -0.244 e. The molecule has 0 aromatic carbocycles. The Morgan fingerprint density at radius 1 is 0.516 bits per heavy atom. The van der Waals surface area contributed by atoms with E-state index in [-0.39, 0.29) is 5.92 Å². The molecule has 5 aliphatic rings. The van der Waals surface area contributed by atoms with Crippen molar-refractivity contribution in [2.24, 2.45) is 53.3 Å². The van der Waals surface area contributed by atoms with Crippen molar-refractivity contribution in [1.82, 2.24) is 0 Å². The summed E-state index contributed by atoms with van der Waals surface area (Å²) in [6.07, 6.45) is 20.3. The highest BCUT2D eigenvalue weighted by atomic mass is 19.2. The van der Waals surface area contributed by atoms with Crippen LogP contribution in [0.5, 0.6) is 0 Å². The van der Waals surface area contributed by atoms with Crippen molar-refractivity contribution < 1.29 is 8.78 Å². The molecule has 0 amide bonds. The highest BCUT2D eigenvalue weighted by Crippen LogP contribution is 2.54. The van der Waals surface area contributed by atoms with Crippen molar-refractivity contribution in [2.75, 3.05) is 0 Å². The topological polar surface area (TPSA) is 0 Å². The van der Waals surface area contributed by atoms with Gasteiger partial charge in [0.15, 0.2) is 0 Å². The van der Waals surface area contributed by atoms with E-state index in [2.05, 4.69) is 6.92 Å². The van der Waals surface area contributed by atoms with Crippen LogP contribution in [-0.4, -0.2) is 12.3 Å². The fourth-order valence-corrected chi connectivity index (χ4v) is 9.48. The fourth-order valence-electron chi connectivity index (χ4n) is 9.48. The molecular formula is C29H48F2. The van der Waals surface area contributed by atoms with E-state index in [1.165, 1.54) is 89.9 Å². The summed E-state index contributed by atoms with van der Waals surface area (Å²) in [6.45, 7) is 2.35. The summed E-state index contributed by atoms with van der Waals surface area (Å²) in [5, 5.41) is 0. The summed E-state index contributed by atoms with van der Waals surface area (Å²) in [6, 6.07) is 0. The minimum atomic E-state index is -1.18. The summed E-state index contributed by atoms with van der Waals surface area (Å²) in [5.41, 5.74) is 0. The lowest BCUT2D eigenvalue weighted by Crippen LogP contribution is -2.43. The van der Waals surface area contributed by atoms with Gasteiger partial charge in [0.1, 0.15) is 12.3 Å². The first-order valence-corrected chi connectivity index (χ1v) is 14.4. The van der Waals surface area contributed by atoms with Gasteiger partial charge in [0.25, 0.3) is 0 Å². The third-order valence-corrected chi connectivity index (χ3v) is 11.3.